The SMILES string of the molecule is CCCCCCCCCCCCCCCCCCOSc1ccc([N+](=O)[O-])cc1[N+](=O)[O-]. The summed E-state index contributed by atoms with van der Waals surface area (Å²) >= 11 is 0.919. The van der Waals surface area contributed by atoms with E-state index in [1.165, 1.54) is 102 Å². The standard InChI is InChI=1S/C24H40N2O5S/c1-2-3-4-5-6-7-8-9-10-11-12-13-14-15-16-17-20-31-32-24-19-18-22(25(27)28)21-23(24)26(29)30/h18-19,21H,2-17,20H2,1H3. The summed E-state index contributed by atoms with van der Waals surface area (Å²) in [6, 6.07) is 3.60. The van der Waals surface area contributed by atoms with Gasteiger partial charge in [0.15, 0.2) is 0 Å². The summed E-state index contributed by atoms with van der Waals surface area (Å²) in [4.78, 5) is 20.9. The molecule has 0 aliphatic heterocycles. The van der Waals surface area contributed by atoms with E-state index in [-0.39, 0.29) is 16.3 Å². The van der Waals surface area contributed by atoms with Gasteiger partial charge in [-0.3, -0.25) is 20.2 Å². The molecule has 1 rings (SSSR count). The van der Waals surface area contributed by atoms with Gasteiger partial charge in [-0.05, 0) is 12.5 Å². The van der Waals surface area contributed by atoms with Gasteiger partial charge in [-0.1, -0.05) is 103 Å². The molecule has 182 valence electrons. The Balaban J connectivity index is 1.94. The molecule has 0 amide bonds. The van der Waals surface area contributed by atoms with Crippen molar-refractivity contribution >= 4 is 23.4 Å². The molecule has 1 aromatic carbocycles. The summed E-state index contributed by atoms with van der Waals surface area (Å²) in [5.74, 6) is 0. The van der Waals surface area contributed by atoms with Crippen LogP contribution in [0.25, 0.3) is 0 Å². The molecule has 0 aliphatic carbocycles. The van der Waals surface area contributed by atoms with Crippen LogP contribution in [-0.2, 0) is 4.18 Å². The van der Waals surface area contributed by atoms with E-state index in [1.54, 1.807) is 0 Å². The van der Waals surface area contributed by atoms with Crippen molar-refractivity contribution < 1.29 is 14.0 Å². The van der Waals surface area contributed by atoms with Gasteiger partial charge in [-0.15, -0.1) is 0 Å². The minimum absolute atomic E-state index is 0.289. The van der Waals surface area contributed by atoms with Gasteiger partial charge in [0.25, 0.3) is 11.4 Å². The minimum atomic E-state index is -0.640. The van der Waals surface area contributed by atoms with Crippen LogP contribution < -0.4 is 0 Å². The van der Waals surface area contributed by atoms with Crippen LogP contribution in [0.4, 0.5) is 11.4 Å². The quantitative estimate of drug-likeness (QED) is 0.0774. The number of nitrogens with zero attached hydrogens (tertiary/aromatic N) is 2. The van der Waals surface area contributed by atoms with Crippen molar-refractivity contribution in [2.45, 2.75) is 115 Å². The summed E-state index contributed by atoms with van der Waals surface area (Å²) in [6.07, 6.45) is 20.9. The maximum Gasteiger partial charge on any atom is 0.292 e. The van der Waals surface area contributed by atoms with Crippen LogP contribution in [0.5, 0.6) is 0 Å². The molecule has 0 fully saturated rings. The Hall–Kier alpha value is -1.67. The number of rotatable bonds is 21. The van der Waals surface area contributed by atoms with Gasteiger partial charge >= 0.3 is 0 Å². The molecule has 32 heavy (non-hydrogen) atoms. The Morgan fingerprint density at radius 2 is 1.19 bits per heavy atom. The van der Waals surface area contributed by atoms with Gasteiger partial charge in [-0.25, -0.2) is 0 Å². The summed E-state index contributed by atoms with van der Waals surface area (Å²) in [7, 11) is 0. The first kappa shape index (κ1) is 28.4. The predicted molar refractivity (Wildman–Crippen MR) is 131 cm³/mol. The lowest BCUT2D eigenvalue weighted by atomic mass is 10.0. The normalized spacial score (nSPS) is 11.0. The summed E-state index contributed by atoms with van der Waals surface area (Å²) < 4.78 is 5.47. The Morgan fingerprint density at radius 3 is 1.62 bits per heavy atom. The maximum atomic E-state index is 11.1. The number of hydrogen-bond donors (Lipinski definition) is 0. The molecular weight excluding hydrogens is 428 g/mol. The van der Waals surface area contributed by atoms with Crippen LogP contribution in [0, 0.1) is 20.2 Å². The third kappa shape index (κ3) is 13.7. The predicted octanol–water partition coefficient (Wildman–Crippen LogP) is 8.79. The van der Waals surface area contributed by atoms with Crippen molar-refractivity contribution in [2.75, 3.05) is 6.61 Å². The van der Waals surface area contributed by atoms with Gasteiger partial charge in [0, 0.05) is 18.1 Å². The first-order chi connectivity index (χ1) is 15.6. The molecule has 8 heteroatoms. The van der Waals surface area contributed by atoms with E-state index in [2.05, 4.69) is 6.92 Å². The fraction of sp³-hybridized carbons (Fsp3) is 0.750. The van der Waals surface area contributed by atoms with Crippen molar-refractivity contribution in [3.8, 4) is 0 Å². The Bertz CT molecular complexity index is 657. The van der Waals surface area contributed by atoms with E-state index in [4.69, 9.17) is 4.18 Å². The molecule has 0 bridgehead atoms. The van der Waals surface area contributed by atoms with E-state index in [1.807, 2.05) is 0 Å². The second-order valence-corrected chi connectivity index (χ2v) is 9.22. The van der Waals surface area contributed by atoms with E-state index < -0.39 is 9.85 Å². The molecular formula is C24H40N2O5S. The van der Waals surface area contributed by atoms with Crippen molar-refractivity contribution in [1.82, 2.24) is 0 Å². The molecule has 0 aliphatic rings. The number of non-ortho nitro benzene ring substituents is 1. The average Bonchev–Trinajstić information content (AvgIpc) is 2.78. The molecule has 0 saturated heterocycles. The number of hydrogen-bond acceptors (Lipinski definition) is 6. The van der Waals surface area contributed by atoms with Crippen LogP contribution >= 0.6 is 12.0 Å². The molecule has 0 N–H and O–H groups in total. The van der Waals surface area contributed by atoms with Gasteiger partial charge in [0.1, 0.15) is 4.90 Å². The largest absolute Gasteiger partial charge is 0.310 e. The molecule has 0 radical (unpaired) electrons. The molecule has 0 spiro atoms. The molecule has 7 nitrogen and oxygen atoms in total. The van der Waals surface area contributed by atoms with Gasteiger partial charge in [-0.2, -0.15) is 0 Å². The van der Waals surface area contributed by atoms with E-state index in [0.29, 0.717) is 6.61 Å². The zero-order valence-electron chi connectivity index (χ0n) is 19.6. The maximum absolute atomic E-state index is 11.1. The molecule has 0 saturated carbocycles. The summed E-state index contributed by atoms with van der Waals surface area (Å²) in [5, 5.41) is 21.9. The van der Waals surface area contributed by atoms with E-state index in [9.17, 15) is 20.2 Å². The average molecular weight is 469 g/mol. The Labute approximate surface area is 197 Å². The van der Waals surface area contributed by atoms with Gasteiger partial charge in [0.05, 0.1) is 22.5 Å². The monoisotopic (exact) mass is 468 g/mol. The highest BCUT2D eigenvalue weighted by molar-refractivity contribution is 7.94. The fourth-order valence-corrected chi connectivity index (χ4v) is 4.32. The smallest absolute Gasteiger partial charge is 0.292 e. The lowest BCUT2D eigenvalue weighted by Crippen LogP contribution is -1.95. The molecule has 1 aromatic rings. The first-order valence-corrected chi connectivity index (χ1v) is 13.0. The van der Waals surface area contributed by atoms with E-state index in [0.717, 1.165) is 31.0 Å². The molecule has 0 heterocycles. The third-order valence-corrected chi connectivity index (χ3v) is 6.39. The van der Waals surface area contributed by atoms with Crippen molar-refractivity contribution in [3.05, 3.63) is 38.4 Å². The number of nitro groups is 2. The van der Waals surface area contributed by atoms with Crippen molar-refractivity contribution in [1.29, 1.82) is 0 Å². The number of nitro benzene ring substituents is 2. The fourth-order valence-electron chi connectivity index (χ4n) is 3.65. The zero-order chi connectivity index (χ0) is 23.4. The molecule has 0 atom stereocenters. The lowest BCUT2D eigenvalue weighted by molar-refractivity contribution is -0.396. The van der Waals surface area contributed by atoms with Crippen LogP contribution in [0.3, 0.4) is 0 Å². The summed E-state index contributed by atoms with van der Waals surface area (Å²) in [6.45, 7) is 2.77. The highest BCUT2D eigenvalue weighted by atomic mass is 32.2. The van der Waals surface area contributed by atoms with Crippen LogP contribution in [0.2, 0.25) is 0 Å². The molecule has 0 unspecified atom stereocenters. The van der Waals surface area contributed by atoms with Gasteiger partial charge < -0.3 is 4.18 Å². The number of unbranched alkanes of at least 4 members (excludes halogenated alkanes) is 15. The molecule has 0 aromatic heterocycles. The highest BCUT2D eigenvalue weighted by Crippen LogP contribution is 2.33. The van der Waals surface area contributed by atoms with Crippen molar-refractivity contribution in [3.63, 3.8) is 0 Å². The van der Waals surface area contributed by atoms with Crippen molar-refractivity contribution in [2.24, 2.45) is 0 Å². The van der Waals surface area contributed by atoms with Crippen LogP contribution in [0.1, 0.15) is 110 Å². The number of benzene rings is 1. The van der Waals surface area contributed by atoms with Crippen LogP contribution in [0.15, 0.2) is 23.1 Å². The Kier molecular flexibility index (Phi) is 16.7. The van der Waals surface area contributed by atoms with Gasteiger partial charge in [0.2, 0.25) is 0 Å². The second kappa shape index (κ2) is 18.9. The first-order valence-electron chi connectivity index (χ1n) is 12.3. The lowest BCUT2D eigenvalue weighted by Gasteiger charge is -2.05. The zero-order valence-corrected chi connectivity index (χ0v) is 20.4. The highest BCUT2D eigenvalue weighted by Gasteiger charge is 2.20. The second-order valence-electron chi connectivity index (χ2n) is 8.37. The minimum Gasteiger partial charge on any atom is -0.310 e. The summed E-state index contributed by atoms with van der Waals surface area (Å²) in [5.41, 5.74) is -0.588. The Morgan fingerprint density at radius 1 is 0.719 bits per heavy atom. The van der Waals surface area contributed by atoms with Crippen LogP contribution in [-0.4, -0.2) is 16.5 Å². The topological polar surface area (TPSA) is 95.5 Å². The third-order valence-electron chi connectivity index (χ3n) is 5.58. The van der Waals surface area contributed by atoms with E-state index >= 15 is 0 Å².